The summed E-state index contributed by atoms with van der Waals surface area (Å²) in [5.74, 6) is -0.901. The first kappa shape index (κ1) is 28.2. The minimum absolute atomic E-state index is 0.0755. The van der Waals surface area contributed by atoms with Crippen molar-refractivity contribution in [2.24, 2.45) is 11.8 Å². The van der Waals surface area contributed by atoms with Crippen LogP contribution in [-0.2, 0) is 4.79 Å². The number of pyridine rings is 1. The van der Waals surface area contributed by atoms with Crippen LogP contribution in [0.5, 0.6) is 5.75 Å². The fourth-order valence-corrected chi connectivity index (χ4v) is 6.29. The van der Waals surface area contributed by atoms with Crippen molar-refractivity contribution in [2.75, 3.05) is 32.5 Å². The van der Waals surface area contributed by atoms with Crippen LogP contribution < -0.4 is 4.74 Å². The number of aliphatic carboxylic acids is 1. The molecule has 0 bridgehead atoms. The molecule has 3 aromatic rings. The quantitative estimate of drug-likeness (QED) is 0.249. The van der Waals surface area contributed by atoms with Gasteiger partial charge in [-0.1, -0.05) is 6.07 Å². The maximum atomic E-state index is 15.5. The molecule has 1 saturated heterocycles. The van der Waals surface area contributed by atoms with Gasteiger partial charge in [0.1, 0.15) is 11.9 Å². The van der Waals surface area contributed by atoms with Crippen molar-refractivity contribution in [2.45, 2.75) is 43.2 Å². The Morgan fingerprint density at radius 1 is 1.21 bits per heavy atom. The van der Waals surface area contributed by atoms with Crippen LogP contribution in [0.3, 0.4) is 0 Å². The van der Waals surface area contributed by atoms with Crippen molar-refractivity contribution < 1.29 is 27.8 Å². The molecule has 2 heterocycles. The smallest absolute Gasteiger partial charge is 0.303 e. The Kier molecular flexibility index (Phi) is 9.91. The second kappa shape index (κ2) is 13.3. The summed E-state index contributed by atoms with van der Waals surface area (Å²) in [6.45, 7) is 2.22. The fourth-order valence-electron chi connectivity index (χ4n) is 5.32. The molecule has 204 valence electrons. The highest BCUT2D eigenvalue weighted by molar-refractivity contribution is 7.99. The first-order valence-corrected chi connectivity index (χ1v) is 13.9. The summed E-state index contributed by atoms with van der Waals surface area (Å²) in [5, 5.41) is 10.0. The van der Waals surface area contributed by atoms with E-state index in [9.17, 15) is 18.7 Å². The number of benzene rings is 2. The summed E-state index contributed by atoms with van der Waals surface area (Å²) in [6, 6.07) is 11.3. The van der Waals surface area contributed by atoms with E-state index in [2.05, 4.69) is 9.88 Å². The zero-order valence-electron chi connectivity index (χ0n) is 21.4. The standard InChI is InChI=1S/C29H33F3N2O3S/c1-37-21-7-9-26-23(17-21)22(11-13-33-26)24(30)8-5-19-12-14-34(18-20(19)6-10-28(35)36)15-16-38-27-4-2-3-25(31)29(27)32/h2-4,7,9,11,13,17,19-20,24H,5-6,8,10,12,14-16,18H2,1H3,(H,35,36)/t19?,20?,24-/m0/s1. The van der Waals surface area contributed by atoms with E-state index in [-0.39, 0.29) is 23.2 Å². The van der Waals surface area contributed by atoms with Gasteiger partial charge < -0.3 is 14.7 Å². The number of thioether (sulfide) groups is 1. The Balaban J connectivity index is 1.36. The molecule has 1 aliphatic heterocycles. The van der Waals surface area contributed by atoms with Gasteiger partial charge in [0.25, 0.3) is 0 Å². The van der Waals surface area contributed by atoms with Gasteiger partial charge in [0.05, 0.1) is 12.6 Å². The highest BCUT2D eigenvalue weighted by atomic mass is 32.2. The lowest BCUT2D eigenvalue weighted by molar-refractivity contribution is -0.137. The predicted octanol–water partition coefficient (Wildman–Crippen LogP) is 6.91. The fraction of sp³-hybridized carbons (Fsp3) is 0.448. The number of fused-ring (bicyclic) bond motifs is 1. The number of nitrogens with zero attached hydrogens (tertiary/aromatic N) is 2. The van der Waals surface area contributed by atoms with Crippen molar-refractivity contribution in [1.29, 1.82) is 0 Å². The molecular weight excluding hydrogens is 513 g/mol. The Hall–Kier alpha value is -2.78. The van der Waals surface area contributed by atoms with Crippen molar-refractivity contribution >= 4 is 28.6 Å². The molecule has 0 spiro atoms. The second-order valence-electron chi connectivity index (χ2n) is 9.77. The van der Waals surface area contributed by atoms with E-state index < -0.39 is 23.8 Å². The van der Waals surface area contributed by atoms with Gasteiger partial charge in [-0.3, -0.25) is 9.78 Å². The number of carboxylic acid groups (broad SMARTS) is 1. The summed E-state index contributed by atoms with van der Waals surface area (Å²) < 4.78 is 48.3. The van der Waals surface area contributed by atoms with Gasteiger partial charge >= 0.3 is 5.97 Å². The number of carboxylic acids is 1. The Morgan fingerprint density at radius 3 is 2.84 bits per heavy atom. The normalized spacial score (nSPS) is 18.9. The Labute approximate surface area is 225 Å². The summed E-state index contributed by atoms with van der Waals surface area (Å²) in [5.41, 5.74) is 1.31. The number of carbonyl (C=O) groups is 1. The van der Waals surface area contributed by atoms with Crippen LogP contribution in [0.25, 0.3) is 10.9 Å². The van der Waals surface area contributed by atoms with Crippen LogP contribution in [0.1, 0.15) is 43.8 Å². The average molecular weight is 547 g/mol. The second-order valence-corrected chi connectivity index (χ2v) is 10.9. The number of aromatic nitrogens is 1. The molecule has 1 aromatic heterocycles. The maximum absolute atomic E-state index is 15.5. The third-order valence-electron chi connectivity index (χ3n) is 7.40. The van der Waals surface area contributed by atoms with Crippen molar-refractivity contribution in [1.82, 2.24) is 9.88 Å². The van der Waals surface area contributed by atoms with Crippen LogP contribution in [0.15, 0.2) is 53.6 Å². The van der Waals surface area contributed by atoms with E-state index in [1.807, 2.05) is 12.1 Å². The average Bonchev–Trinajstić information content (AvgIpc) is 2.92. The number of alkyl halides is 1. The largest absolute Gasteiger partial charge is 0.497 e. The lowest BCUT2D eigenvalue weighted by atomic mass is 9.79. The number of ether oxygens (including phenoxy) is 1. The van der Waals surface area contributed by atoms with Crippen LogP contribution in [-0.4, -0.2) is 53.5 Å². The van der Waals surface area contributed by atoms with Crippen molar-refractivity contribution in [3.05, 3.63) is 65.9 Å². The Morgan fingerprint density at radius 2 is 2.05 bits per heavy atom. The molecule has 38 heavy (non-hydrogen) atoms. The summed E-state index contributed by atoms with van der Waals surface area (Å²) >= 11 is 1.28. The number of rotatable bonds is 12. The zero-order chi connectivity index (χ0) is 27.1. The minimum atomic E-state index is -1.16. The highest BCUT2D eigenvalue weighted by Crippen LogP contribution is 2.37. The molecule has 0 radical (unpaired) electrons. The third-order valence-corrected chi connectivity index (χ3v) is 8.41. The van der Waals surface area contributed by atoms with Gasteiger partial charge in [-0.15, -0.1) is 11.8 Å². The van der Waals surface area contributed by atoms with Gasteiger partial charge in [-0.2, -0.15) is 0 Å². The third kappa shape index (κ3) is 7.20. The topological polar surface area (TPSA) is 62.7 Å². The molecule has 9 heteroatoms. The number of halogens is 3. The van der Waals surface area contributed by atoms with Crippen LogP contribution in [0.2, 0.25) is 0 Å². The number of piperidine rings is 1. The zero-order valence-corrected chi connectivity index (χ0v) is 22.2. The molecule has 1 fully saturated rings. The van der Waals surface area contributed by atoms with Gasteiger partial charge in [0.15, 0.2) is 11.6 Å². The van der Waals surface area contributed by atoms with Crippen LogP contribution in [0, 0.1) is 23.5 Å². The van der Waals surface area contributed by atoms with E-state index in [1.165, 1.54) is 17.8 Å². The SMILES string of the molecule is COc1ccc2nccc([C@@H](F)CCC3CCN(CCSc4cccc(F)c4F)CC3CCC(=O)O)c2c1. The lowest BCUT2D eigenvalue weighted by Crippen LogP contribution is -2.41. The van der Waals surface area contributed by atoms with Gasteiger partial charge in [0, 0.05) is 41.7 Å². The molecule has 3 atom stereocenters. The summed E-state index contributed by atoms with van der Waals surface area (Å²) in [7, 11) is 1.58. The monoisotopic (exact) mass is 546 g/mol. The van der Waals surface area contributed by atoms with E-state index >= 15 is 4.39 Å². The van der Waals surface area contributed by atoms with E-state index in [0.29, 0.717) is 42.9 Å². The van der Waals surface area contributed by atoms with Gasteiger partial charge in [-0.25, -0.2) is 13.2 Å². The maximum Gasteiger partial charge on any atom is 0.303 e. The van der Waals surface area contributed by atoms with Gasteiger partial charge in [-0.05, 0) is 86.0 Å². The molecule has 2 unspecified atom stereocenters. The molecule has 5 nitrogen and oxygen atoms in total. The van der Waals surface area contributed by atoms with Crippen LogP contribution >= 0.6 is 11.8 Å². The van der Waals surface area contributed by atoms with Crippen molar-refractivity contribution in [3.63, 3.8) is 0 Å². The van der Waals surface area contributed by atoms with Crippen molar-refractivity contribution in [3.8, 4) is 5.75 Å². The van der Waals surface area contributed by atoms with E-state index in [0.717, 1.165) is 36.5 Å². The Bertz CT molecular complexity index is 1240. The summed E-state index contributed by atoms with van der Waals surface area (Å²) in [4.78, 5) is 18.2. The molecule has 1 aliphatic rings. The predicted molar refractivity (Wildman–Crippen MR) is 143 cm³/mol. The number of likely N-dealkylation sites (tertiary alicyclic amines) is 1. The highest BCUT2D eigenvalue weighted by Gasteiger charge is 2.30. The molecule has 1 N–H and O–H groups in total. The van der Waals surface area contributed by atoms with E-state index in [4.69, 9.17) is 4.74 Å². The number of hydrogen-bond donors (Lipinski definition) is 1. The first-order valence-electron chi connectivity index (χ1n) is 12.9. The number of methoxy groups -OCH3 is 1. The molecule has 0 aliphatic carbocycles. The minimum Gasteiger partial charge on any atom is -0.497 e. The van der Waals surface area contributed by atoms with Crippen LogP contribution in [0.4, 0.5) is 13.2 Å². The molecule has 4 rings (SSSR count). The summed E-state index contributed by atoms with van der Waals surface area (Å²) in [6.07, 6.45) is 2.93. The van der Waals surface area contributed by atoms with Gasteiger partial charge in [0.2, 0.25) is 0 Å². The molecule has 0 saturated carbocycles. The van der Waals surface area contributed by atoms with E-state index in [1.54, 1.807) is 31.5 Å². The molecule has 2 aromatic carbocycles. The molecular formula is C29H33F3N2O3S. The number of hydrogen-bond acceptors (Lipinski definition) is 5. The lowest BCUT2D eigenvalue weighted by Gasteiger charge is -2.39. The molecule has 0 amide bonds. The first-order chi connectivity index (χ1) is 18.4.